The van der Waals surface area contributed by atoms with E-state index in [4.69, 9.17) is 9.47 Å². The monoisotopic (exact) mass is 348 g/mol. The summed E-state index contributed by atoms with van der Waals surface area (Å²) in [5.74, 6) is -0.299. The van der Waals surface area contributed by atoms with Crippen LogP contribution >= 0.6 is 0 Å². The lowest BCUT2D eigenvalue weighted by atomic mass is 10.1. The number of hydrogen-bond donors (Lipinski definition) is 1. The number of esters is 1. The number of hydrogen-bond acceptors (Lipinski definition) is 5. The maximum absolute atomic E-state index is 12.6. The van der Waals surface area contributed by atoms with E-state index in [1.54, 1.807) is 6.92 Å². The molecule has 1 fully saturated rings. The van der Waals surface area contributed by atoms with Crippen LogP contribution < -0.4 is 5.32 Å². The molecular weight excluding hydrogens is 320 g/mol. The average Bonchev–Trinajstić information content (AvgIpc) is 2.95. The minimum atomic E-state index is -0.562. The summed E-state index contributed by atoms with van der Waals surface area (Å²) in [6.45, 7) is 8.29. The number of carbonyl (C=O) groups is 2. The molecule has 0 aliphatic carbocycles. The SMILES string of the molecule is CCOC(=O)C(c1ccccc1)N1CCCC1NC(=O)OC(C)(C)C. The first kappa shape index (κ1) is 19.2. The molecule has 0 radical (unpaired) electrons. The van der Waals surface area contributed by atoms with Crippen LogP contribution in [-0.4, -0.2) is 41.9 Å². The van der Waals surface area contributed by atoms with E-state index < -0.39 is 17.7 Å². The molecular formula is C19H28N2O4. The lowest BCUT2D eigenvalue weighted by Crippen LogP contribution is -2.49. The molecule has 0 bridgehead atoms. The van der Waals surface area contributed by atoms with Crippen LogP contribution in [0.3, 0.4) is 0 Å². The molecule has 1 aliphatic rings. The molecule has 2 rings (SSSR count). The lowest BCUT2D eigenvalue weighted by Gasteiger charge is -2.32. The largest absolute Gasteiger partial charge is 0.465 e. The first-order valence-corrected chi connectivity index (χ1v) is 8.78. The fourth-order valence-electron chi connectivity index (χ4n) is 3.02. The van der Waals surface area contributed by atoms with E-state index in [1.807, 2.05) is 56.0 Å². The van der Waals surface area contributed by atoms with Crippen molar-refractivity contribution in [2.45, 2.75) is 58.3 Å². The van der Waals surface area contributed by atoms with Crippen LogP contribution in [0.5, 0.6) is 0 Å². The standard InChI is InChI=1S/C19H28N2O4/c1-5-24-17(22)16(14-10-7-6-8-11-14)21-13-9-12-15(21)20-18(23)25-19(2,3)4/h6-8,10-11,15-16H,5,9,12-13H2,1-4H3,(H,20,23). The summed E-state index contributed by atoms with van der Waals surface area (Å²) < 4.78 is 10.6. The first-order valence-electron chi connectivity index (χ1n) is 8.78. The van der Waals surface area contributed by atoms with Crippen molar-refractivity contribution < 1.29 is 19.1 Å². The van der Waals surface area contributed by atoms with Gasteiger partial charge in [-0.05, 0) is 46.1 Å². The van der Waals surface area contributed by atoms with Gasteiger partial charge in [-0.3, -0.25) is 4.90 Å². The Balaban J connectivity index is 2.18. The molecule has 2 unspecified atom stereocenters. The summed E-state index contributed by atoms with van der Waals surface area (Å²) in [6, 6.07) is 8.98. The summed E-state index contributed by atoms with van der Waals surface area (Å²) in [7, 11) is 0. The minimum absolute atomic E-state index is 0.260. The summed E-state index contributed by atoms with van der Waals surface area (Å²) in [6.07, 6.45) is 0.926. The third-order valence-electron chi connectivity index (χ3n) is 3.93. The Labute approximate surface area is 149 Å². The Hall–Kier alpha value is -2.08. The maximum Gasteiger partial charge on any atom is 0.408 e. The van der Waals surface area contributed by atoms with Crippen molar-refractivity contribution in [3.8, 4) is 0 Å². The number of rotatable bonds is 5. The van der Waals surface area contributed by atoms with E-state index in [-0.39, 0.29) is 12.1 Å². The quantitative estimate of drug-likeness (QED) is 0.828. The molecule has 0 spiro atoms. The van der Waals surface area contributed by atoms with Gasteiger partial charge in [0.2, 0.25) is 0 Å². The molecule has 1 N–H and O–H groups in total. The first-order chi connectivity index (χ1) is 11.8. The highest BCUT2D eigenvalue weighted by Crippen LogP contribution is 2.29. The average molecular weight is 348 g/mol. The van der Waals surface area contributed by atoms with Crippen molar-refractivity contribution in [2.24, 2.45) is 0 Å². The predicted octanol–water partition coefficient (Wildman–Crippen LogP) is 3.24. The fourth-order valence-corrected chi connectivity index (χ4v) is 3.02. The van der Waals surface area contributed by atoms with Crippen LogP contribution in [-0.2, 0) is 14.3 Å². The van der Waals surface area contributed by atoms with Crippen LogP contribution in [0, 0.1) is 0 Å². The molecule has 6 heteroatoms. The smallest absolute Gasteiger partial charge is 0.408 e. The molecule has 0 saturated carbocycles. The minimum Gasteiger partial charge on any atom is -0.465 e. The molecule has 1 aromatic rings. The Kier molecular flexibility index (Phi) is 6.42. The Morgan fingerprint density at radius 1 is 1.28 bits per heavy atom. The van der Waals surface area contributed by atoms with Gasteiger partial charge in [-0.15, -0.1) is 0 Å². The van der Waals surface area contributed by atoms with Gasteiger partial charge in [0, 0.05) is 6.54 Å². The highest BCUT2D eigenvalue weighted by atomic mass is 16.6. The van der Waals surface area contributed by atoms with Gasteiger partial charge in [-0.25, -0.2) is 9.59 Å². The van der Waals surface area contributed by atoms with Crippen molar-refractivity contribution in [1.29, 1.82) is 0 Å². The van der Waals surface area contributed by atoms with Crippen LogP contribution in [0.4, 0.5) is 4.79 Å². The zero-order valence-corrected chi connectivity index (χ0v) is 15.5. The van der Waals surface area contributed by atoms with E-state index in [1.165, 1.54) is 0 Å². The summed E-state index contributed by atoms with van der Waals surface area (Å²) in [5, 5.41) is 2.89. The van der Waals surface area contributed by atoms with Crippen LogP contribution in [0.1, 0.15) is 52.1 Å². The number of nitrogens with one attached hydrogen (secondary N) is 1. The molecule has 0 aromatic heterocycles. The molecule has 138 valence electrons. The molecule has 25 heavy (non-hydrogen) atoms. The third-order valence-corrected chi connectivity index (χ3v) is 3.93. The number of likely N-dealkylation sites (tertiary alicyclic amines) is 1. The topological polar surface area (TPSA) is 67.9 Å². The van der Waals surface area contributed by atoms with E-state index in [9.17, 15) is 9.59 Å². The Bertz CT molecular complexity index is 583. The van der Waals surface area contributed by atoms with Gasteiger partial charge in [-0.1, -0.05) is 30.3 Å². The Morgan fingerprint density at radius 2 is 1.96 bits per heavy atom. The molecule has 6 nitrogen and oxygen atoms in total. The number of ether oxygens (including phenoxy) is 2. The van der Waals surface area contributed by atoms with Crippen LogP contribution in [0.15, 0.2) is 30.3 Å². The van der Waals surface area contributed by atoms with Gasteiger partial charge in [0.15, 0.2) is 0 Å². The van der Waals surface area contributed by atoms with Crippen molar-refractivity contribution >= 4 is 12.1 Å². The second-order valence-electron chi connectivity index (χ2n) is 7.11. The second kappa shape index (κ2) is 8.34. The van der Waals surface area contributed by atoms with E-state index in [0.29, 0.717) is 13.2 Å². The van der Waals surface area contributed by atoms with Gasteiger partial charge >= 0.3 is 12.1 Å². The molecule has 1 saturated heterocycles. The lowest BCUT2D eigenvalue weighted by molar-refractivity contribution is -0.150. The van der Waals surface area contributed by atoms with E-state index in [0.717, 1.165) is 18.4 Å². The second-order valence-corrected chi connectivity index (χ2v) is 7.11. The maximum atomic E-state index is 12.6. The Morgan fingerprint density at radius 3 is 2.56 bits per heavy atom. The fraction of sp³-hybridized carbons (Fsp3) is 0.579. The van der Waals surface area contributed by atoms with Gasteiger partial charge < -0.3 is 14.8 Å². The third kappa shape index (κ3) is 5.46. The van der Waals surface area contributed by atoms with Crippen molar-refractivity contribution in [2.75, 3.05) is 13.2 Å². The zero-order valence-electron chi connectivity index (χ0n) is 15.5. The van der Waals surface area contributed by atoms with Crippen molar-refractivity contribution in [1.82, 2.24) is 10.2 Å². The van der Waals surface area contributed by atoms with Gasteiger partial charge in [0.1, 0.15) is 11.6 Å². The summed E-state index contributed by atoms with van der Waals surface area (Å²) in [5.41, 5.74) is 0.298. The normalized spacial score (nSPS) is 19.3. The highest BCUT2D eigenvalue weighted by Gasteiger charge is 2.38. The number of benzene rings is 1. The number of carbonyl (C=O) groups excluding carboxylic acids is 2. The van der Waals surface area contributed by atoms with Crippen LogP contribution in [0.25, 0.3) is 0 Å². The molecule has 1 aromatic carbocycles. The summed E-state index contributed by atoms with van der Waals surface area (Å²) in [4.78, 5) is 26.7. The van der Waals surface area contributed by atoms with E-state index >= 15 is 0 Å². The van der Waals surface area contributed by atoms with Crippen LogP contribution in [0.2, 0.25) is 0 Å². The predicted molar refractivity (Wildman–Crippen MR) is 94.9 cm³/mol. The number of alkyl carbamates (subject to hydrolysis) is 1. The molecule has 1 heterocycles. The highest BCUT2D eigenvalue weighted by molar-refractivity contribution is 5.78. The number of nitrogens with zero attached hydrogens (tertiary/aromatic N) is 1. The summed E-state index contributed by atoms with van der Waals surface area (Å²) >= 11 is 0. The molecule has 2 atom stereocenters. The molecule has 1 aliphatic heterocycles. The van der Waals surface area contributed by atoms with Crippen molar-refractivity contribution in [3.05, 3.63) is 35.9 Å². The van der Waals surface area contributed by atoms with Gasteiger partial charge in [0.25, 0.3) is 0 Å². The number of amides is 1. The van der Waals surface area contributed by atoms with E-state index in [2.05, 4.69) is 5.32 Å². The van der Waals surface area contributed by atoms with Gasteiger partial charge in [0.05, 0.1) is 12.8 Å². The van der Waals surface area contributed by atoms with Gasteiger partial charge in [-0.2, -0.15) is 0 Å². The zero-order chi connectivity index (χ0) is 18.4. The molecule has 1 amide bonds. The van der Waals surface area contributed by atoms with Crippen molar-refractivity contribution in [3.63, 3.8) is 0 Å².